The Balaban J connectivity index is 1.48. The zero-order valence-electron chi connectivity index (χ0n) is 17.7. The van der Waals surface area contributed by atoms with Crippen molar-refractivity contribution in [1.82, 2.24) is 10.3 Å². The topological polar surface area (TPSA) is 112 Å². The molecule has 0 radical (unpaired) electrons. The van der Waals surface area contributed by atoms with Crippen molar-refractivity contribution in [1.29, 1.82) is 0 Å². The van der Waals surface area contributed by atoms with E-state index in [2.05, 4.69) is 10.3 Å². The number of furan rings is 1. The number of thioether (sulfide) groups is 1. The van der Waals surface area contributed by atoms with Crippen molar-refractivity contribution in [2.24, 2.45) is 0 Å². The molecule has 3 heterocycles. The van der Waals surface area contributed by atoms with Crippen molar-refractivity contribution in [3.05, 3.63) is 71.3 Å². The number of nitrogens with zero attached hydrogens (tertiary/aromatic N) is 1. The van der Waals surface area contributed by atoms with Crippen molar-refractivity contribution in [2.45, 2.75) is 18.6 Å². The van der Waals surface area contributed by atoms with Gasteiger partial charge in [0.2, 0.25) is 17.6 Å². The Hall–Kier alpha value is -3.85. The number of hydrogen-bond acceptors (Lipinski definition) is 8. The summed E-state index contributed by atoms with van der Waals surface area (Å²) in [5, 5.41) is 2.06. The Labute approximate surface area is 192 Å². The first kappa shape index (κ1) is 21.0. The minimum absolute atomic E-state index is 0.0969. The fourth-order valence-corrected chi connectivity index (χ4v) is 4.59. The van der Waals surface area contributed by atoms with Crippen LogP contribution in [0.4, 0.5) is 4.79 Å². The second-order valence-corrected chi connectivity index (χ2v) is 8.71. The van der Waals surface area contributed by atoms with Crippen LogP contribution in [0.25, 0.3) is 22.4 Å². The molecule has 1 saturated heterocycles. The van der Waals surface area contributed by atoms with Gasteiger partial charge in [0.1, 0.15) is 5.76 Å². The number of carbonyl (C=O) groups is 3. The van der Waals surface area contributed by atoms with Gasteiger partial charge >= 0.3 is 0 Å². The highest BCUT2D eigenvalue weighted by atomic mass is 32.2. The SMILES string of the molecule is COc1cc(CC2SC(=O)NC2=O)cc2cc(C(=O)c3nc(-c4ccccc4)oc3C)oc12. The third kappa shape index (κ3) is 3.91. The lowest BCUT2D eigenvalue weighted by molar-refractivity contribution is -0.118. The van der Waals surface area contributed by atoms with Crippen LogP contribution < -0.4 is 10.1 Å². The van der Waals surface area contributed by atoms with Crippen molar-refractivity contribution in [3.63, 3.8) is 0 Å². The third-order valence-electron chi connectivity index (χ3n) is 5.31. The Morgan fingerprint density at radius 2 is 1.94 bits per heavy atom. The molecule has 1 atom stereocenters. The number of oxazole rings is 1. The molecule has 8 nitrogen and oxygen atoms in total. The standard InChI is InChI=1S/C24H18N2O6S/c1-12-19(25-23(31-12)14-6-4-3-5-7-14)20(27)16-11-15-8-13(9-17(30-2)21(15)32-16)10-18-22(28)26-24(29)33-18/h3-9,11,18H,10H2,1-2H3,(H,26,28,29). The highest BCUT2D eigenvalue weighted by Crippen LogP contribution is 2.34. The average Bonchev–Trinajstić information content (AvgIpc) is 3.50. The number of hydrogen-bond donors (Lipinski definition) is 1. The van der Waals surface area contributed by atoms with Crippen LogP contribution in [0.1, 0.15) is 27.6 Å². The predicted molar refractivity (Wildman–Crippen MR) is 121 cm³/mol. The van der Waals surface area contributed by atoms with Gasteiger partial charge in [-0.25, -0.2) is 4.98 Å². The van der Waals surface area contributed by atoms with E-state index in [0.717, 1.165) is 22.9 Å². The summed E-state index contributed by atoms with van der Waals surface area (Å²) in [6.07, 6.45) is 0.339. The molecule has 1 unspecified atom stereocenters. The van der Waals surface area contributed by atoms with Gasteiger partial charge in [-0.15, -0.1) is 0 Å². The van der Waals surface area contributed by atoms with Gasteiger partial charge in [0.05, 0.1) is 12.4 Å². The van der Waals surface area contributed by atoms with E-state index in [0.29, 0.717) is 34.8 Å². The molecule has 2 amide bonds. The van der Waals surface area contributed by atoms with Gasteiger partial charge in [0, 0.05) is 10.9 Å². The first-order valence-electron chi connectivity index (χ1n) is 10.1. The maximum atomic E-state index is 13.2. The van der Waals surface area contributed by atoms with Crippen molar-refractivity contribution >= 4 is 39.7 Å². The Bertz CT molecular complexity index is 1410. The van der Waals surface area contributed by atoms with Crippen LogP contribution in [0.15, 0.2) is 57.4 Å². The molecule has 2 aromatic heterocycles. The highest BCUT2D eigenvalue weighted by Gasteiger charge is 2.32. The summed E-state index contributed by atoms with van der Waals surface area (Å²) >= 11 is 0.960. The lowest BCUT2D eigenvalue weighted by atomic mass is 10.1. The molecule has 1 N–H and O–H groups in total. The van der Waals surface area contributed by atoms with E-state index in [1.54, 1.807) is 19.1 Å². The molecule has 1 aliphatic rings. The number of imide groups is 1. The number of benzene rings is 2. The van der Waals surface area contributed by atoms with Gasteiger partial charge in [-0.05, 0) is 49.2 Å². The van der Waals surface area contributed by atoms with Crippen LogP contribution >= 0.6 is 11.8 Å². The number of rotatable bonds is 6. The number of amides is 2. The molecule has 4 aromatic rings. The van der Waals surface area contributed by atoms with Crippen molar-refractivity contribution in [3.8, 4) is 17.2 Å². The number of nitrogens with one attached hydrogen (secondary N) is 1. The molecule has 0 aliphatic carbocycles. The molecule has 5 rings (SSSR count). The fraction of sp³-hybridized carbons (Fsp3) is 0.167. The Morgan fingerprint density at radius 1 is 1.15 bits per heavy atom. The molecule has 0 spiro atoms. The summed E-state index contributed by atoms with van der Waals surface area (Å²) in [6.45, 7) is 1.68. The maximum Gasteiger partial charge on any atom is 0.286 e. The summed E-state index contributed by atoms with van der Waals surface area (Å²) in [6, 6.07) is 14.5. The van der Waals surface area contributed by atoms with Crippen LogP contribution in [0.3, 0.4) is 0 Å². The van der Waals surface area contributed by atoms with E-state index in [9.17, 15) is 14.4 Å². The van der Waals surface area contributed by atoms with Crippen LogP contribution in [0, 0.1) is 6.92 Å². The van der Waals surface area contributed by atoms with Gasteiger partial charge in [-0.1, -0.05) is 30.0 Å². The average molecular weight is 462 g/mol. The van der Waals surface area contributed by atoms with Gasteiger partial charge in [0.25, 0.3) is 5.24 Å². The van der Waals surface area contributed by atoms with E-state index in [1.807, 2.05) is 36.4 Å². The van der Waals surface area contributed by atoms with Crippen LogP contribution in [-0.4, -0.2) is 34.3 Å². The molecular weight excluding hydrogens is 444 g/mol. The van der Waals surface area contributed by atoms with E-state index in [-0.39, 0.29) is 22.6 Å². The molecule has 33 heavy (non-hydrogen) atoms. The monoisotopic (exact) mass is 462 g/mol. The van der Waals surface area contributed by atoms with Crippen LogP contribution in [0.2, 0.25) is 0 Å². The number of methoxy groups -OCH3 is 1. The van der Waals surface area contributed by atoms with Crippen molar-refractivity contribution in [2.75, 3.05) is 7.11 Å². The van der Waals surface area contributed by atoms with Crippen molar-refractivity contribution < 1.29 is 28.0 Å². The zero-order chi connectivity index (χ0) is 23.1. The zero-order valence-corrected chi connectivity index (χ0v) is 18.5. The smallest absolute Gasteiger partial charge is 0.286 e. The van der Waals surface area contributed by atoms with Crippen LogP contribution in [0.5, 0.6) is 5.75 Å². The van der Waals surface area contributed by atoms with Gasteiger partial charge < -0.3 is 13.6 Å². The lowest BCUT2D eigenvalue weighted by Gasteiger charge is -2.08. The fourth-order valence-electron chi connectivity index (χ4n) is 3.73. The third-order valence-corrected chi connectivity index (χ3v) is 6.29. The molecule has 0 bridgehead atoms. The second kappa shape index (κ2) is 8.25. The van der Waals surface area contributed by atoms with Gasteiger partial charge in [-0.3, -0.25) is 19.7 Å². The molecule has 2 aromatic carbocycles. The van der Waals surface area contributed by atoms with E-state index < -0.39 is 11.0 Å². The number of aromatic nitrogens is 1. The summed E-state index contributed by atoms with van der Waals surface area (Å²) in [4.78, 5) is 41.0. The number of fused-ring (bicyclic) bond motifs is 1. The molecular formula is C24H18N2O6S. The highest BCUT2D eigenvalue weighted by molar-refractivity contribution is 8.15. The molecule has 9 heteroatoms. The quantitative estimate of drug-likeness (QED) is 0.416. The summed E-state index contributed by atoms with van der Waals surface area (Å²) in [5.41, 5.74) is 2.13. The summed E-state index contributed by atoms with van der Waals surface area (Å²) < 4.78 is 17.0. The molecule has 0 saturated carbocycles. The van der Waals surface area contributed by atoms with E-state index in [1.165, 1.54) is 7.11 Å². The van der Waals surface area contributed by atoms with E-state index in [4.69, 9.17) is 13.6 Å². The Morgan fingerprint density at radius 3 is 2.64 bits per heavy atom. The Kier molecular flexibility index (Phi) is 5.26. The molecule has 1 aliphatic heterocycles. The second-order valence-electron chi connectivity index (χ2n) is 7.53. The summed E-state index contributed by atoms with van der Waals surface area (Å²) in [5.74, 6) is 0.547. The van der Waals surface area contributed by atoms with Crippen LogP contribution in [-0.2, 0) is 11.2 Å². The van der Waals surface area contributed by atoms with E-state index >= 15 is 0 Å². The molecule has 166 valence electrons. The number of ether oxygens (including phenoxy) is 1. The minimum Gasteiger partial charge on any atom is -0.493 e. The number of aryl methyl sites for hydroxylation is 1. The van der Waals surface area contributed by atoms with Gasteiger partial charge in [0.15, 0.2) is 22.8 Å². The summed E-state index contributed by atoms with van der Waals surface area (Å²) in [7, 11) is 1.50. The number of ketones is 1. The maximum absolute atomic E-state index is 13.2. The first-order valence-corrected chi connectivity index (χ1v) is 11.0. The normalized spacial score (nSPS) is 15.8. The van der Waals surface area contributed by atoms with Gasteiger partial charge in [-0.2, -0.15) is 0 Å². The first-order chi connectivity index (χ1) is 15.9. The minimum atomic E-state index is -0.512. The molecule has 1 fully saturated rings. The largest absolute Gasteiger partial charge is 0.493 e. The number of carbonyl (C=O) groups excluding carboxylic acids is 3. The predicted octanol–water partition coefficient (Wildman–Crippen LogP) is 4.53. The lowest BCUT2D eigenvalue weighted by Crippen LogP contribution is -2.25.